The fraction of sp³-hybridized carbons (Fsp3) is 0.562. The number of aromatic nitrogens is 3. The number of amides is 1. The molecule has 2 aromatic rings. The van der Waals surface area contributed by atoms with Crippen LogP contribution in [0.4, 0.5) is 0 Å². The highest BCUT2D eigenvalue weighted by molar-refractivity contribution is 6.06. The molecule has 1 aliphatic rings. The Hall–Kier alpha value is -1.99. The lowest BCUT2D eigenvalue weighted by molar-refractivity contribution is 0.0555. The van der Waals surface area contributed by atoms with Crippen LogP contribution in [0, 0.1) is 13.8 Å². The average Bonchev–Trinajstić information content (AvgIpc) is 2.87. The van der Waals surface area contributed by atoms with Crippen LogP contribution in [-0.4, -0.2) is 74.8 Å². The molecule has 3 rings (SSSR count). The fourth-order valence-electron chi connectivity index (χ4n) is 3.15. The Balaban J connectivity index is 1.81. The topological polar surface area (TPSA) is 85.4 Å². The van der Waals surface area contributed by atoms with Gasteiger partial charge < -0.3 is 10.0 Å². The van der Waals surface area contributed by atoms with Crippen LogP contribution in [-0.2, 0) is 0 Å². The van der Waals surface area contributed by atoms with E-state index in [1.807, 2.05) is 24.8 Å². The van der Waals surface area contributed by atoms with Crippen molar-refractivity contribution in [3.05, 3.63) is 23.0 Å². The summed E-state index contributed by atoms with van der Waals surface area (Å²) in [7, 11) is 0. The van der Waals surface area contributed by atoms with E-state index in [1.165, 1.54) is 0 Å². The highest BCUT2D eigenvalue weighted by Crippen LogP contribution is 2.22. The predicted molar refractivity (Wildman–Crippen MR) is 87.4 cm³/mol. The van der Waals surface area contributed by atoms with Crippen LogP contribution in [0.3, 0.4) is 0 Å². The number of aryl methyl sites for hydroxylation is 2. The lowest BCUT2D eigenvalue weighted by atomic mass is 10.1. The molecule has 23 heavy (non-hydrogen) atoms. The number of nitrogens with one attached hydrogen (secondary N) is 1. The smallest absolute Gasteiger partial charge is 0.254 e. The van der Waals surface area contributed by atoms with E-state index in [0.717, 1.165) is 29.9 Å². The van der Waals surface area contributed by atoms with Crippen molar-refractivity contribution in [2.75, 3.05) is 32.7 Å². The molecule has 2 N–H and O–H groups in total. The summed E-state index contributed by atoms with van der Waals surface area (Å²) in [6.07, 6.45) is -0.340. The molecule has 124 valence electrons. The molecule has 0 saturated carbocycles. The van der Waals surface area contributed by atoms with Crippen molar-refractivity contribution < 1.29 is 9.90 Å². The van der Waals surface area contributed by atoms with Gasteiger partial charge in [-0.15, -0.1) is 0 Å². The zero-order chi connectivity index (χ0) is 16.6. The quantitative estimate of drug-likeness (QED) is 0.871. The first kappa shape index (κ1) is 15.9. The monoisotopic (exact) mass is 317 g/mol. The van der Waals surface area contributed by atoms with Gasteiger partial charge in [0.05, 0.1) is 17.1 Å². The fourth-order valence-corrected chi connectivity index (χ4v) is 3.15. The van der Waals surface area contributed by atoms with Crippen molar-refractivity contribution >= 4 is 16.9 Å². The minimum absolute atomic E-state index is 0.0293. The third kappa shape index (κ3) is 3.20. The van der Waals surface area contributed by atoms with E-state index in [2.05, 4.69) is 20.1 Å². The van der Waals surface area contributed by atoms with Gasteiger partial charge in [0.2, 0.25) is 0 Å². The third-order valence-corrected chi connectivity index (χ3v) is 4.25. The summed E-state index contributed by atoms with van der Waals surface area (Å²) in [6.45, 7) is 9.14. The molecule has 1 atom stereocenters. The second-order valence-corrected chi connectivity index (χ2v) is 6.30. The number of pyridine rings is 1. The van der Waals surface area contributed by atoms with E-state index in [9.17, 15) is 9.90 Å². The van der Waals surface area contributed by atoms with Gasteiger partial charge >= 0.3 is 0 Å². The van der Waals surface area contributed by atoms with E-state index in [4.69, 9.17) is 0 Å². The van der Waals surface area contributed by atoms with Crippen molar-refractivity contribution in [1.82, 2.24) is 25.0 Å². The highest BCUT2D eigenvalue weighted by atomic mass is 16.3. The Morgan fingerprint density at radius 2 is 2.04 bits per heavy atom. The summed E-state index contributed by atoms with van der Waals surface area (Å²) >= 11 is 0. The summed E-state index contributed by atoms with van der Waals surface area (Å²) in [5.41, 5.74) is 2.92. The number of nitrogens with zero attached hydrogens (tertiary/aromatic N) is 4. The maximum Gasteiger partial charge on any atom is 0.254 e. The van der Waals surface area contributed by atoms with Gasteiger partial charge in [-0.05, 0) is 26.8 Å². The number of carbonyl (C=O) groups is 1. The maximum absolute atomic E-state index is 12.9. The number of hydrogen-bond donors (Lipinski definition) is 2. The van der Waals surface area contributed by atoms with E-state index in [-0.39, 0.29) is 12.0 Å². The number of fused-ring (bicyclic) bond motifs is 1. The van der Waals surface area contributed by atoms with Crippen LogP contribution in [0.1, 0.15) is 28.7 Å². The Morgan fingerprint density at radius 1 is 1.35 bits per heavy atom. The molecule has 1 saturated heterocycles. The summed E-state index contributed by atoms with van der Waals surface area (Å²) in [5, 5.41) is 17.4. The maximum atomic E-state index is 12.9. The molecule has 1 fully saturated rings. The zero-order valence-electron chi connectivity index (χ0n) is 13.8. The van der Waals surface area contributed by atoms with E-state index < -0.39 is 0 Å². The minimum atomic E-state index is -0.340. The molecule has 1 aliphatic heterocycles. The molecule has 0 aromatic carbocycles. The molecule has 1 amide bonds. The molecule has 7 heteroatoms. The van der Waals surface area contributed by atoms with E-state index in [0.29, 0.717) is 30.8 Å². The Kier molecular flexibility index (Phi) is 4.32. The number of aliphatic hydroxyl groups is 1. The van der Waals surface area contributed by atoms with Crippen LogP contribution < -0.4 is 0 Å². The lowest BCUT2D eigenvalue weighted by Crippen LogP contribution is -2.50. The number of H-pyrrole nitrogens is 1. The molecule has 1 unspecified atom stereocenters. The summed E-state index contributed by atoms with van der Waals surface area (Å²) in [4.78, 5) is 21.4. The molecule has 0 aliphatic carbocycles. The van der Waals surface area contributed by atoms with Gasteiger partial charge in [0.15, 0.2) is 5.65 Å². The summed E-state index contributed by atoms with van der Waals surface area (Å²) in [6, 6.07) is 1.84. The van der Waals surface area contributed by atoms with Crippen molar-refractivity contribution in [3.63, 3.8) is 0 Å². The second kappa shape index (κ2) is 6.25. The van der Waals surface area contributed by atoms with Crippen LogP contribution >= 0.6 is 0 Å². The first-order valence-corrected chi connectivity index (χ1v) is 7.97. The number of aromatic amines is 1. The van der Waals surface area contributed by atoms with Gasteiger partial charge in [0.1, 0.15) is 0 Å². The van der Waals surface area contributed by atoms with E-state index >= 15 is 0 Å². The molecular weight excluding hydrogens is 294 g/mol. The number of carbonyl (C=O) groups excluding carboxylic acids is 1. The SMILES string of the molecule is Cc1cc(C(=O)N2CCN(CC(C)O)CC2)c2c(C)[nH]nc2n1. The average molecular weight is 317 g/mol. The number of piperazine rings is 1. The second-order valence-electron chi connectivity index (χ2n) is 6.30. The van der Waals surface area contributed by atoms with Crippen LogP contribution in [0.5, 0.6) is 0 Å². The Labute approximate surface area is 135 Å². The van der Waals surface area contributed by atoms with Crippen LogP contribution in [0.2, 0.25) is 0 Å². The van der Waals surface area contributed by atoms with Crippen molar-refractivity contribution in [1.29, 1.82) is 0 Å². The molecule has 0 radical (unpaired) electrons. The zero-order valence-corrected chi connectivity index (χ0v) is 13.8. The van der Waals surface area contributed by atoms with Crippen LogP contribution in [0.15, 0.2) is 6.07 Å². The third-order valence-electron chi connectivity index (χ3n) is 4.25. The van der Waals surface area contributed by atoms with Gasteiger partial charge in [-0.1, -0.05) is 0 Å². The van der Waals surface area contributed by atoms with Gasteiger partial charge in [-0.25, -0.2) is 4.98 Å². The lowest BCUT2D eigenvalue weighted by Gasteiger charge is -2.35. The number of aliphatic hydroxyl groups excluding tert-OH is 1. The predicted octanol–water partition coefficient (Wildman–Crippen LogP) is 0.713. The first-order chi connectivity index (χ1) is 11.0. The number of rotatable bonds is 3. The Morgan fingerprint density at radius 3 is 2.70 bits per heavy atom. The van der Waals surface area contributed by atoms with Crippen molar-refractivity contribution in [2.45, 2.75) is 26.9 Å². The van der Waals surface area contributed by atoms with Crippen LogP contribution in [0.25, 0.3) is 11.0 Å². The number of hydrogen-bond acceptors (Lipinski definition) is 5. The van der Waals surface area contributed by atoms with Crippen molar-refractivity contribution in [2.24, 2.45) is 0 Å². The standard InChI is InChI=1S/C16H23N5O2/c1-10-8-13(14-12(3)18-19-15(14)17-10)16(23)21-6-4-20(5-7-21)9-11(2)22/h8,11,22H,4-7,9H2,1-3H3,(H,17,18,19). The summed E-state index contributed by atoms with van der Waals surface area (Å²) < 4.78 is 0. The van der Waals surface area contributed by atoms with Gasteiger partial charge in [0, 0.05) is 44.1 Å². The highest BCUT2D eigenvalue weighted by Gasteiger charge is 2.25. The van der Waals surface area contributed by atoms with Gasteiger partial charge in [-0.3, -0.25) is 14.8 Å². The molecular formula is C16H23N5O2. The van der Waals surface area contributed by atoms with Gasteiger partial charge in [0.25, 0.3) is 5.91 Å². The summed E-state index contributed by atoms with van der Waals surface area (Å²) in [5.74, 6) is 0.0293. The number of β-amino-alcohol motifs (C(OH)–C–C–N with tert-alkyl or cyclic N) is 1. The minimum Gasteiger partial charge on any atom is -0.392 e. The molecule has 7 nitrogen and oxygen atoms in total. The first-order valence-electron chi connectivity index (χ1n) is 7.97. The Bertz CT molecular complexity index is 717. The van der Waals surface area contributed by atoms with Gasteiger partial charge in [-0.2, -0.15) is 5.10 Å². The molecule has 3 heterocycles. The largest absolute Gasteiger partial charge is 0.392 e. The van der Waals surface area contributed by atoms with Crippen molar-refractivity contribution in [3.8, 4) is 0 Å². The normalized spacial score (nSPS) is 17.7. The molecule has 0 bridgehead atoms. The van der Waals surface area contributed by atoms with E-state index in [1.54, 1.807) is 6.92 Å². The molecule has 2 aromatic heterocycles. The molecule has 0 spiro atoms.